The van der Waals surface area contributed by atoms with E-state index in [-0.39, 0.29) is 24.2 Å². The predicted molar refractivity (Wildman–Crippen MR) is 83.0 cm³/mol. The molecule has 114 valence electrons. The molecule has 2 atom stereocenters. The number of rotatable bonds is 8. The topological polar surface area (TPSA) is 66.4 Å². The number of carbonyl (C=O) groups is 2. The maximum atomic E-state index is 12.1. The van der Waals surface area contributed by atoms with Crippen molar-refractivity contribution >= 4 is 11.9 Å². The van der Waals surface area contributed by atoms with Gasteiger partial charge in [0.1, 0.15) is 6.04 Å². The minimum atomic E-state index is -0.994. The zero-order valence-corrected chi connectivity index (χ0v) is 12.6. The van der Waals surface area contributed by atoms with E-state index in [4.69, 9.17) is 5.11 Å². The predicted octanol–water partition coefficient (Wildman–Crippen LogP) is 2.96. The average Bonchev–Trinajstić information content (AvgIpc) is 2.44. The molecule has 0 aliphatic rings. The van der Waals surface area contributed by atoms with Gasteiger partial charge in [-0.25, -0.2) is 4.79 Å². The van der Waals surface area contributed by atoms with Crippen LogP contribution in [0.3, 0.4) is 0 Å². The summed E-state index contributed by atoms with van der Waals surface area (Å²) in [4.78, 5) is 23.2. The van der Waals surface area contributed by atoms with Crippen LogP contribution in [0.1, 0.15) is 38.2 Å². The second kappa shape index (κ2) is 8.25. The maximum Gasteiger partial charge on any atom is 0.326 e. The van der Waals surface area contributed by atoms with Crippen molar-refractivity contribution < 1.29 is 14.7 Å². The number of benzene rings is 1. The summed E-state index contributed by atoms with van der Waals surface area (Å²) in [5.41, 5.74) is 0.999. The lowest BCUT2D eigenvalue weighted by atomic mass is 9.95. The Balaban J connectivity index is 2.66. The van der Waals surface area contributed by atoms with E-state index in [1.165, 1.54) is 0 Å². The molecule has 0 heterocycles. The van der Waals surface area contributed by atoms with Gasteiger partial charge in [0.05, 0.1) is 0 Å². The van der Waals surface area contributed by atoms with Crippen molar-refractivity contribution in [2.45, 2.75) is 38.6 Å². The number of carboxylic acids is 1. The Labute approximate surface area is 125 Å². The number of allylic oxidation sites excluding steroid dienone is 1. The van der Waals surface area contributed by atoms with Crippen LogP contribution in [-0.2, 0) is 9.59 Å². The number of nitrogens with one attached hydrogen (secondary N) is 1. The summed E-state index contributed by atoms with van der Waals surface area (Å²) in [6, 6.07) is 8.75. The van der Waals surface area contributed by atoms with Gasteiger partial charge >= 0.3 is 5.97 Å². The molecule has 0 aliphatic carbocycles. The second-order valence-electron chi connectivity index (χ2n) is 5.54. The summed E-state index contributed by atoms with van der Waals surface area (Å²) in [6.07, 6.45) is 2.34. The zero-order valence-electron chi connectivity index (χ0n) is 12.6. The summed E-state index contributed by atoms with van der Waals surface area (Å²) >= 11 is 0. The molecular formula is C17H23NO3. The minimum absolute atomic E-state index is 0.111. The number of carbonyl (C=O) groups excluding carboxylic acids is 1. The Hall–Kier alpha value is -2.10. The van der Waals surface area contributed by atoms with Crippen molar-refractivity contribution in [3.8, 4) is 0 Å². The van der Waals surface area contributed by atoms with E-state index in [9.17, 15) is 9.59 Å². The largest absolute Gasteiger partial charge is 0.480 e. The molecule has 2 N–H and O–H groups in total. The quantitative estimate of drug-likeness (QED) is 0.723. The Bertz CT molecular complexity index is 482. The number of carboxylic acid groups (broad SMARTS) is 1. The van der Waals surface area contributed by atoms with Gasteiger partial charge in [-0.3, -0.25) is 4.79 Å². The van der Waals surface area contributed by atoms with Gasteiger partial charge in [0, 0.05) is 12.3 Å². The van der Waals surface area contributed by atoms with E-state index in [0.717, 1.165) is 5.56 Å². The third kappa shape index (κ3) is 5.81. The molecule has 0 saturated carbocycles. The van der Waals surface area contributed by atoms with Gasteiger partial charge in [0.15, 0.2) is 0 Å². The molecule has 0 radical (unpaired) electrons. The molecule has 1 aromatic carbocycles. The Morgan fingerprint density at radius 2 is 1.90 bits per heavy atom. The molecule has 21 heavy (non-hydrogen) atoms. The molecule has 1 aromatic rings. The molecule has 4 nitrogen and oxygen atoms in total. The third-order valence-corrected chi connectivity index (χ3v) is 3.26. The summed E-state index contributed by atoms with van der Waals surface area (Å²) in [6.45, 7) is 7.62. The van der Waals surface area contributed by atoms with Crippen LogP contribution in [0.4, 0.5) is 0 Å². The number of hydrogen-bond acceptors (Lipinski definition) is 2. The number of aliphatic carboxylic acids is 1. The molecule has 4 heteroatoms. The molecule has 1 unspecified atom stereocenters. The molecule has 0 bridgehead atoms. The molecule has 1 rings (SSSR count). The van der Waals surface area contributed by atoms with Crippen LogP contribution >= 0.6 is 0 Å². The van der Waals surface area contributed by atoms with Gasteiger partial charge in [-0.05, 0) is 17.9 Å². The van der Waals surface area contributed by atoms with Gasteiger partial charge in [0.25, 0.3) is 0 Å². The molecule has 0 fully saturated rings. The normalized spacial score (nSPS) is 13.5. The lowest BCUT2D eigenvalue weighted by Gasteiger charge is -2.18. The molecular weight excluding hydrogens is 266 g/mol. The first-order valence-electron chi connectivity index (χ1n) is 7.13. The molecule has 0 aliphatic heterocycles. The summed E-state index contributed by atoms with van der Waals surface area (Å²) in [5.74, 6) is -1.17. The van der Waals surface area contributed by atoms with E-state index < -0.39 is 12.0 Å². The minimum Gasteiger partial charge on any atom is -0.480 e. The summed E-state index contributed by atoms with van der Waals surface area (Å²) in [5, 5.41) is 11.7. The van der Waals surface area contributed by atoms with Crippen molar-refractivity contribution in [1.29, 1.82) is 0 Å². The highest BCUT2D eigenvalue weighted by atomic mass is 16.4. The van der Waals surface area contributed by atoms with Crippen LogP contribution in [0.25, 0.3) is 0 Å². The molecule has 0 aromatic heterocycles. The van der Waals surface area contributed by atoms with E-state index in [1.807, 2.05) is 44.2 Å². The van der Waals surface area contributed by atoms with Crippen molar-refractivity contribution in [2.24, 2.45) is 5.92 Å². The van der Waals surface area contributed by atoms with Crippen LogP contribution in [0.15, 0.2) is 43.0 Å². The average molecular weight is 289 g/mol. The Morgan fingerprint density at radius 3 is 2.38 bits per heavy atom. The van der Waals surface area contributed by atoms with Crippen LogP contribution in [0, 0.1) is 5.92 Å². The standard InChI is InChI=1S/C17H23NO3/c1-4-13(14-8-6-5-7-9-14)11-16(19)18-15(17(20)21)10-12(2)3/h4-9,12-13,15H,1,10-11H2,2-3H3,(H,18,19)(H,20,21)/t13?,15-/m1/s1. The highest BCUT2D eigenvalue weighted by Gasteiger charge is 2.22. The first-order valence-corrected chi connectivity index (χ1v) is 7.13. The Kier molecular flexibility index (Phi) is 6.66. The first-order chi connectivity index (χ1) is 9.93. The van der Waals surface area contributed by atoms with E-state index in [1.54, 1.807) is 6.08 Å². The van der Waals surface area contributed by atoms with Crippen molar-refractivity contribution in [1.82, 2.24) is 5.32 Å². The summed E-state index contributed by atoms with van der Waals surface area (Å²) in [7, 11) is 0. The lowest BCUT2D eigenvalue weighted by Crippen LogP contribution is -2.42. The second-order valence-corrected chi connectivity index (χ2v) is 5.54. The third-order valence-electron chi connectivity index (χ3n) is 3.26. The Morgan fingerprint density at radius 1 is 1.29 bits per heavy atom. The van der Waals surface area contributed by atoms with Crippen molar-refractivity contribution in [3.05, 3.63) is 48.6 Å². The lowest BCUT2D eigenvalue weighted by molar-refractivity contribution is -0.142. The fourth-order valence-electron chi connectivity index (χ4n) is 2.18. The fourth-order valence-corrected chi connectivity index (χ4v) is 2.18. The zero-order chi connectivity index (χ0) is 15.8. The van der Waals surface area contributed by atoms with Gasteiger partial charge in [-0.1, -0.05) is 50.3 Å². The highest BCUT2D eigenvalue weighted by Crippen LogP contribution is 2.20. The monoisotopic (exact) mass is 289 g/mol. The van der Waals surface area contributed by atoms with Crippen LogP contribution in [0.2, 0.25) is 0 Å². The van der Waals surface area contributed by atoms with Crippen molar-refractivity contribution in [3.63, 3.8) is 0 Å². The maximum absolute atomic E-state index is 12.1. The fraction of sp³-hybridized carbons (Fsp3) is 0.412. The van der Waals surface area contributed by atoms with E-state index in [2.05, 4.69) is 11.9 Å². The molecule has 1 amide bonds. The van der Waals surface area contributed by atoms with E-state index in [0.29, 0.717) is 6.42 Å². The van der Waals surface area contributed by atoms with Crippen LogP contribution < -0.4 is 5.32 Å². The first kappa shape index (κ1) is 17.0. The number of hydrogen-bond donors (Lipinski definition) is 2. The van der Waals surface area contributed by atoms with Crippen LogP contribution in [-0.4, -0.2) is 23.0 Å². The molecule has 0 saturated heterocycles. The van der Waals surface area contributed by atoms with Gasteiger partial charge < -0.3 is 10.4 Å². The van der Waals surface area contributed by atoms with Crippen molar-refractivity contribution in [2.75, 3.05) is 0 Å². The van der Waals surface area contributed by atoms with E-state index >= 15 is 0 Å². The van der Waals surface area contributed by atoms with Gasteiger partial charge in [0.2, 0.25) is 5.91 Å². The highest BCUT2D eigenvalue weighted by molar-refractivity contribution is 5.84. The smallest absolute Gasteiger partial charge is 0.326 e. The SMILES string of the molecule is C=CC(CC(=O)N[C@H](CC(C)C)C(=O)O)c1ccccc1. The number of amides is 1. The summed E-state index contributed by atoms with van der Waals surface area (Å²) < 4.78 is 0. The van der Waals surface area contributed by atoms with Crippen LogP contribution in [0.5, 0.6) is 0 Å². The van der Waals surface area contributed by atoms with Gasteiger partial charge in [-0.15, -0.1) is 6.58 Å². The van der Waals surface area contributed by atoms with Gasteiger partial charge in [-0.2, -0.15) is 0 Å². The molecule has 0 spiro atoms.